The molecular weight excluding hydrogens is 162 g/mol. The number of nitrogens with two attached hydrogens (primary N) is 1. The van der Waals surface area contributed by atoms with E-state index in [0.717, 1.165) is 23.3 Å². The quantitative estimate of drug-likeness (QED) is 0.684. The van der Waals surface area contributed by atoms with Gasteiger partial charge in [-0.15, -0.1) is 0 Å². The smallest absolute Gasteiger partial charge is 0.111 e. The van der Waals surface area contributed by atoms with Crippen LogP contribution in [0.3, 0.4) is 0 Å². The largest absolute Gasteiger partial charge is 0.342 e. The predicted octanol–water partition coefficient (Wildman–Crippen LogP) is 1.38. The SMILES string of the molecule is N[C@H]1C[C@@H]1c1nc2ccccc2[nH]1. The number of fused-ring (bicyclic) bond motifs is 1. The van der Waals surface area contributed by atoms with Gasteiger partial charge in [0.15, 0.2) is 0 Å². The van der Waals surface area contributed by atoms with E-state index in [0.29, 0.717) is 12.0 Å². The Kier molecular flexibility index (Phi) is 1.27. The number of hydrogen-bond donors (Lipinski definition) is 2. The van der Waals surface area contributed by atoms with Crippen molar-refractivity contribution in [3.63, 3.8) is 0 Å². The van der Waals surface area contributed by atoms with Crippen LogP contribution in [0.4, 0.5) is 0 Å². The van der Waals surface area contributed by atoms with Gasteiger partial charge >= 0.3 is 0 Å². The van der Waals surface area contributed by atoms with Crippen LogP contribution in [0, 0.1) is 0 Å². The van der Waals surface area contributed by atoms with E-state index in [9.17, 15) is 0 Å². The van der Waals surface area contributed by atoms with Crippen molar-refractivity contribution in [3.05, 3.63) is 30.1 Å². The zero-order valence-electron chi connectivity index (χ0n) is 7.20. The molecule has 1 heterocycles. The summed E-state index contributed by atoms with van der Waals surface area (Å²) in [5, 5.41) is 0. The van der Waals surface area contributed by atoms with Crippen molar-refractivity contribution in [3.8, 4) is 0 Å². The summed E-state index contributed by atoms with van der Waals surface area (Å²) in [6.45, 7) is 0. The second-order valence-electron chi connectivity index (χ2n) is 3.65. The molecule has 0 spiro atoms. The third-order valence-electron chi connectivity index (χ3n) is 2.60. The van der Waals surface area contributed by atoms with Crippen molar-refractivity contribution >= 4 is 11.0 Å². The van der Waals surface area contributed by atoms with Crippen molar-refractivity contribution in [2.75, 3.05) is 0 Å². The van der Waals surface area contributed by atoms with Gasteiger partial charge in [-0.1, -0.05) is 12.1 Å². The summed E-state index contributed by atoms with van der Waals surface area (Å²) >= 11 is 0. The van der Waals surface area contributed by atoms with E-state index in [4.69, 9.17) is 5.73 Å². The Morgan fingerprint density at radius 3 is 2.85 bits per heavy atom. The molecule has 0 unspecified atom stereocenters. The average molecular weight is 173 g/mol. The summed E-state index contributed by atoms with van der Waals surface area (Å²) in [6.07, 6.45) is 1.07. The molecule has 66 valence electrons. The zero-order valence-corrected chi connectivity index (χ0v) is 7.20. The van der Waals surface area contributed by atoms with Crippen molar-refractivity contribution in [2.45, 2.75) is 18.4 Å². The van der Waals surface area contributed by atoms with Crippen LogP contribution in [-0.4, -0.2) is 16.0 Å². The highest BCUT2D eigenvalue weighted by molar-refractivity contribution is 5.74. The van der Waals surface area contributed by atoms with Gasteiger partial charge < -0.3 is 10.7 Å². The fourth-order valence-electron chi connectivity index (χ4n) is 1.68. The lowest BCUT2D eigenvalue weighted by Crippen LogP contribution is -2.01. The summed E-state index contributed by atoms with van der Waals surface area (Å²) < 4.78 is 0. The molecular formula is C10H11N3. The van der Waals surface area contributed by atoms with Gasteiger partial charge in [-0.25, -0.2) is 4.98 Å². The number of aromatic nitrogens is 2. The molecule has 0 amide bonds. The molecule has 3 rings (SSSR count). The number of para-hydroxylation sites is 2. The Morgan fingerprint density at radius 2 is 2.15 bits per heavy atom. The molecule has 1 saturated carbocycles. The van der Waals surface area contributed by atoms with E-state index in [2.05, 4.69) is 9.97 Å². The minimum absolute atomic E-state index is 0.320. The normalized spacial score (nSPS) is 26.5. The van der Waals surface area contributed by atoms with Gasteiger partial charge in [-0.3, -0.25) is 0 Å². The number of benzene rings is 1. The van der Waals surface area contributed by atoms with Gasteiger partial charge in [0.1, 0.15) is 5.82 Å². The highest BCUT2D eigenvalue weighted by Gasteiger charge is 2.37. The van der Waals surface area contributed by atoms with Gasteiger partial charge in [0.2, 0.25) is 0 Å². The summed E-state index contributed by atoms with van der Waals surface area (Å²) in [4.78, 5) is 7.79. The third-order valence-corrected chi connectivity index (χ3v) is 2.60. The second kappa shape index (κ2) is 2.33. The molecule has 1 aromatic carbocycles. The van der Waals surface area contributed by atoms with Gasteiger partial charge in [0, 0.05) is 12.0 Å². The molecule has 1 aromatic heterocycles. The Labute approximate surface area is 76.0 Å². The van der Waals surface area contributed by atoms with Crippen molar-refractivity contribution in [1.29, 1.82) is 0 Å². The summed E-state index contributed by atoms with van der Waals surface area (Å²) in [7, 11) is 0. The maximum Gasteiger partial charge on any atom is 0.111 e. The van der Waals surface area contributed by atoms with Crippen LogP contribution in [0.2, 0.25) is 0 Å². The Balaban J connectivity index is 2.12. The van der Waals surface area contributed by atoms with Crippen LogP contribution in [0.25, 0.3) is 11.0 Å². The van der Waals surface area contributed by atoms with Crippen molar-refractivity contribution in [2.24, 2.45) is 5.73 Å². The van der Waals surface area contributed by atoms with E-state index in [-0.39, 0.29) is 0 Å². The molecule has 1 fully saturated rings. The van der Waals surface area contributed by atoms with E-state index in [1.54, 1.807) is 0 Å². The highest BCUT2D eigenvalue weighted by atomic mass is 15.0. The van der Waals surface area contributed by atoms with E-state index >= 15 is 0 Å². The Bertz CT molecular complexity index is 413. The number of aromatic amines is 1. The van der Waals surface area contributed by atoms with E-state index in [1.165, 1.54) is 0 Å². The lowest BCUT2D eigenvalue weighted by atomic mass is 10.3. The molecule has 3 N–H and O–H groups in total. The molecule has 0 saturated heterocycles. The minimum atomic E-state index is 0.320. The number of H-pyrrole nitrogens is 1. The summed E-state index contributed by atoms with van der Waals surface area (Å²) in [6, 6.07) is 8.39. The van der Waals surface area contributed by atoms with Crippen molar-refractivity contribution in [1.82, 2.24) is 9.97 Å². The molecule has 1 aliphatic carbocycles. The minimum Gasteiger partial charge on any atom is -0.342 e. The molecule has 3 nitrogen and oxygen atoms in total. The summed E-state index contributed by atoms with van der Waals surface area (Å²) in [5.74, 6) is 1.51. The fourth-order valence-corrected chi connectivity index (χ4v) is 1.68. The van der Waals surface area contributed by atoms with Crippen LogP contribution < -0.4 is 5.73 Å². The number of rotatable bonds is 1. The maximum atomic E-state index is 5.76. The lowest BCUT2D eigenvalue weighted by molar-refractivity contribution is 0.921. The van der Waals surface area contributed by atoms with Crippen LogP contribution in [0.15, 0.2) is 24.3 Å². The number of imidazole rings is 1. The zero-order chi connectivity index (χ0) is 8.84. The monoisotopic (exact) mass is 173 g/mol. The molecule has 1 aliphatic rings. The van der Waals surface area contributed by atoms with Gasteiger partial charge in [0.25, 0.3) is 0 Å². The average Bonchev–Trinajstić information content (AvgIpc) is 2.74. The van der Waals surface area contributed by atoms with Crippen LogP contribution in [-0.2, 0) is 0 Å². The topological polar surface area (TPSA) is 54.7 Å². The van der Waals surface area contributed by atoms with Gasteiger partial charge in [0.05, 0.1) is 11.0 Å². The first-order valence-corrected chi connectivity index (χ1v) is 4.55. The van der Waals surface area contributed by atoms with Crippen molar-refractivity contribution < 1.29 is 0 Å². The molecule has 0 bridgehead atoms. The van der Waals surface area contributed by atoms with Crippen LogP contribution >= 0.6 is 0 Å². The standard InChI is InChI=1S/C10H11N3/c11-7-5-6(7)10-12-8-3-1-2-4-9(8)13-10/h1-4,6-7H,5,11H2,(H,12,13)/t6-,7-/m0/s1. The number of nitrogens with zero attached hydrogens (tertiary/aromatic N) is 1. The van der Waals surface area contributed by atoms with Gasteiger partial charge in [-0.2, -0.15) is 0 Å². The fraction of sp³-hybridized carbons (Fsp3) is 0.300. The van der Waals surface area contributed by atoms with Crippen LogP contribution in [0.1, 0.15) is 18.2 Å². The number of nitrogens with one attached hydrogen (secondary N) is 1. The molecule has 3 heteroatoms. The third kappa shape index (κ3) is 1.04. The second-order valence-corrected chi connectivity index (χ2v) is 3.65. The van der Waals surface area contributed by atoms with E-state index < -0.39 is 0 Å². The molecule has 2 atom stereocenters. The van der Waals surface area contributed by atoms with E-state index in [1.807, 2.05) is 24.3 Å². The van der Waals surface area contributed by atoms with Gasteiger partial charge in [-0.05, 0) is 18.6 Å². The number of hydrogen-bond acceptors (Lipinski definition) is 2. The first-order chi connectivity index (χ1) is 6.34. The molecule has 13 heavy (non-hydrogen) atoms. The Morgan fingerprint density at radius 1 is 1.38 bits per heavy atom. The maximum absolute atomic E-state index is 5.76. The first kappa shape index (κ1) is 7.09. The molecule has 0 radical (unpaired) electrons. The lowest BCUT2D eigenvalue weighted by Gasteiger charge is -1.87. The summed E-state index contributed by atoms with van der Waals surface area (Å²) in [5.41, 5.74) is 7.91. The highest BCUT2D eigenvalue weighted by Crippen LogP contribution is 2.37. The predicted molar refractivity (Wildman–Crippen MR) is 51.4 cm³/mol. The Hall–Kier alpha value is -1.35. The van der Waals surface area contributed by atoms with Crippen LogP contribution in [0.5, 0.6) is 0 Å². The molecule has 0 aliphatic heterocycles. The molecule has 2 aromatic rings. The first-order valence-electron chi connectivity index (χ1n) is 4.55.